The second-order valence-corrected chi connectivity index (χ2v) is 4.96. The van der Waals surface area contributed by atoms with Crippen molar-refractivity contribution in [3.63, 3.8) is 0 Å². The van der Waals surface area contributed by atoms with Crippen molar-refractivity contribution in [1.29, 1.82) is 0 Å². The number of carbonyl (C=O) groups is 1. The second-order valence-electron chi connectivity index (χ2n) is 4.96. The smallest absolute Gasteiger partial charge is 0.250 e. The summed E-state index contributed by atoms with van der Waals surface area (Å²) in [6.07, 6.45) is 3.71. The largest absolute Gasteiger partial charge is 0.396 e. The van der Waals surface area contributed by atoms with E-state index in [9.17, 15) is 4.79 Å². The van der Waals surface area contributed by atoms with E-state index in [4.69, 9.17) is 11.5 Å². The molecule has 1 heterocycles. The summed E-state index contributed by atoms with van der Waals surface area (Å²) in [6, 6.07) is 5.31. The zero-order valence-corrected chi connectivity index (χ0v) is 11.2. The molecule has 1 fully saturated rings. The highest BCUT2D eigenvalue weighted by Gasteiger charge is 2.11. The zero-order chi connectivity index (χ0) is 13.7. The van der Waals surface area contributed by atoms with E-state index in [2.05, 4.69) is 10.2 Å². The standard InChI is InChI=1S/C14H22N4O/c15-13-11(14(16)19)5-3-6-12(13)17-7-4-10-18-8-1-2-9-18/h3,5-6,17H,1-2,4,7-10,15H2,(H2,16,19). The number of benzene rings is 1. The summed E-state index contributed by atoms with van der Waals surface area (Å²) in [4.78, 5) is 13.7. The van der Waals surface area contributed by atoms with Crippen LogP contribution in [-0.2, 0) is 0 Å². The van der Waals surface area contributed by atoms with Crippen molar-refractivity contribution in [2.75, 3.05) is 37.2 Å². The third-order valence-electron chi connectivity index (χ3n) is 3.54. The van der Waals surface area contributed by atoms with Gasteiger partial charge >= 0.3 is 0 Å². The van der Waals surface area contributed by atoms with Crippen LogP contribution in [0, 0.1) is 0 Å². The molecule has 0 unspecified atom stereocenters. The lowest BCUT2D eigenvalue weighted by molar-refractivity contribution is 0.100. The van der Waals surface area contributed by atoms with E-state index in [1.807, 2.05) is 6.07 Å². The van der Waals surface area contributed by atoms with Crippen molar-refractivity contribution < 1.29 is 4.79 Å². The monoisotopic (exact) mass is 262 g/mol. The first-order valence-corrected chi connectivity index (χ1v) is 6.83. The lowest BCUT2D eigenvalue weighted by Crippen LogP contribution is -2.22. The van der Waals surface area contributed by atoms with Gasteiger partial charge in [0.1, 0.15) is 0 Å². The van der Waals surface area contributed by atoms with Crippen LogP contribution >= 0.6 is 0 Å². The molecule has 5 N–H and O–H groups in total. The molecule has 0 bridgehead atoms. The number of hydrogen-bond donors (Lipinski definition) is 3. The fourth-order valence-electron chi connectivity index (χ4n) is 2.47. The minimum atomic E-state index is -0.488. The summed E-state index contributed by atoms with van der Waals surface area (Å²) in [5, 5.41) is 3.27. The van der Waals surface area contributed by atoms with Crippen molar-refractivity contribution in [1.82, 2.24) is 4.90 Å². The van der Waals surface area contributed by atoms with E-state index < -0.39 is 5.91 Å². The molecular formula is C14H22N4O. The maximum atomic E-state index is 11.2. The molecule has 1 aliphatic heterocycles. The van der Waals surface area contributed by atoms with E-state index in [-0.39, 0.29) is 0 Å². The van der Waals surface area contributed by atoms with E-state index in [1.165, 1.54) is 25.9 Å². The Kier molecular flexibility index (Phi) is 4.63. The Hall–Kier alpha value is -1.75. The number of hydrogen-bond acceptors (Lipinski definition) is 4. The first-order valence-electron chi connectivity index (χ1n) is 6.83. The van der Waals surface area contributed by atoms with Gasteiger partial charge in [0.25, 0.3) is 5.91 Å². The number of carbonyl (C=O) groups excluding carboxylic acids is 1. The quantitative estimate of drug-likeness (QED) is 0.532. The van der Waals surface area contributed by atoms with Crippen LogP contribution in [0.4, 0.5) is 11.4 Å². The van der Waals surface area contributed by atoms with Crippen LogP contribution in [-0.4, -0.2) is 37.0 Å². The highest BCUT2D eigenvalue weighted by atomic mass is 16.1. The third-order valence-corrected chi connectivity index (χ3v) is 3.54. The molecule has 0 saturated carbocycles. The Labute approximate surface area is 113 Å². The van der Waals surface area contributed by atoms with Gasteiger partial charge in [-0.25, -0.2) is 0 Å². The Morgan fingerprint density at radius 1 is 1.32 bits per heavy atom. The van der Waals surface area contributed by atoms with Crippen LogP contribution in [0.15, 0.2) is 18.2 Å². The molecule has 1 aromatic carbocycles. The molecule has 5 heteroatoms. The lowest BCUT2D eigenvalue weighted by atomic mass is 10.1. The normalized spacial score (nSPS) is 15.6. The molecule has 0 atom stereocenters. The van der Waals surface area contributed by atoms with Gasteiger partial charge in [-0.2, -0.15) is 0 Å². The molecular weight excluding hydrogens is 240 g/mol. The Bertz CT molecular complexity index is 441. The first-order chi connectivity index (χ1) is 9.18. The number of primary amides is 1. The van der Waals surface area contributed by atoms with Crippen LogP contribution in [0.1, 0.15) is 29.6 Å². The molecule has 5 nitrogen and oxygen atoms in total. The van der Waals surface area contributed by atoms with Crippen molar-refractivity contribution in [3.8, 4) is 0 Å². The predicted octanol–water partition coefficient (Wildman–Crippen LogP) is 1.27. The average molecular weight is 262 g/mol. The number of nitrogens with zero attached hydrogens (tertiary/aromatic N) is 1. The van der Waals surface area contributed by atoms with Gasteiger partial charge in [0.2, 0.25) is 0 Å². The van der Waals surface area contributed by atoms with Crippen molar-refractivity contribution in [2.24, 2.45) is 5.73 Å². The van der Waals surface area contributed by atoms with Crippen LogP contribution in [0.25, 0.3) is 0 Å². The fraction of sp³-hybridized carbons (Fsp3) is 0.500. The highest BCUT2D eigenvalue weighted by Crippen LogP contribution is 2.22. The molecule has 1 saturated heterocycles. The molecule has 0 radical (unpaired) electrons. The van der Waals surface area contributed by atoms with Crippen LogP contribution < -0.4 is 16.8 Å². The summed E-state index contributed by atoms with van der Waals surface area (Å²) >= 11 is 0. The van der Waals surface area contributed by atoms with Gasteiger partial charge in [0.15, 0.2) is 0 Å². The van der Waals surface area contributed by atoms with Gasteiger partial charge in [-0.15, -0.1) is 0 Å². The number of anilines is 2. The molecule has 0 spiro atoms. The topological polar surface area (TPSA) is 84.4 Å². The van der Waals surface area contributed by atoms with Gasteiger partial charge in [0.05, 0.1) is 16.9 Å². The van der Waals surface area contributed by atoms with E-state index >= 15 is 0 Å². The molecule has 1 aliphatic rings. The molecule has 0 aromatic heterocycles. The SMILES string of the molecule is NC(=O)c1cccc(NCCCN2CCCC2)c1N. The molecule has 0 aliphatic carbocycles. The maximum Gasteiger partial charge on any atom is 0.250 e. The van der Waals surface area contributed by atoms with Gasteiger partial charge in [0, 0.05) is 6.54 Å². The fourth-order valence-corrected chi connectivity index (χ4v) is 2.47. The van der Waals surface area contributed by atoms with Crippen molar-refractivity contribution >= 4 is 17.3 Å². The average Bonchev–Trinajstić information content (AvgIpc) is 2.89. The second kappa shape index (κ2) is 6.43. The third kappa shape index (κ3) is 3.61. The number of rotatable bonds is 6. The van der Waals surface area contributed by atoms with Crippen LogP contribution in [0.5, 0.6) is 0 Å². The number of nitrogens with one attached hydrogen (secondary N) is 1. The van der Waals surface area contributed by atoms with Gasteiger partial charge in [-0.1, -0.05) is 6.07 Å². The number of amides is 1. The number of likely N-dealkylation sites (tertiary alicyclic amines) is 1. The summed E-state index contributed by atoms with van der Waals surface area (Å²) in [5.41, 5.74) is 12.8. The van der Waals surface area contributed by atoms with E-state index in [1.54, 1.807) is 12.1 Å². The minimum absolute atomic E-state index is 0.379. The highest BCUT2D eigenvalue weighted by molar-refractivity contribution is 6.00. The molecule has 2 rings (SSSR count). The van der Waals surface area contributed by atoms with Crippen molar-refractivity contribution in [3.05, 3.63) is 23.8 Å². The van der Waals surface area contributed by atoms with Crippen molar-refractivity contribution in [2.45, 2.75) is 19.3 Å². The van der Waals surface area contributed by atoms with E-state index in [0.717, 1.165) is 25.2 Å². The molecule has 1 amide bonds. The van der Waals surface area contributed by atoms with Gasteiger partial charge in [-0.05, 0) is 51.0 Å². The lowest BCUT2D eigenvalue weighted by Gasteiger charge is -2.15. The minimum Gasteiger partial charge on any atom is -0.396 e. The summed E-state index contributed by atoms with van der Waals surface area (Å²) in [6.45, 7) is 4.41. The predicted molar refractivity (Wildman–Crippen MR) is 78.2 cm³/mol. The Balaban J connectivity index is 1.82. The number of para-hydroxylation sites is 1. The van der Waals surface area contributed by atoms with Crippen LogP contribution in [0.2, 0.25) is 0 Å². The first kappa shape index (κ1) is 13.7. The van der Waals surface area contributed by atoms with E-state index in [0.29, 0.717) is 11.3 Å². The Morgan fingerprint density at radius 2 is 2.05 bits per heavy atom. The molecule has 1 aromatic rings. The Morgan fingerprint density at radius 3 is 2.74 bits per heavy atom. The summed E-state index contributed by atoms with van der Waals surface area (Å²) in [7, 11) is 0. The summed E-state index contributed by atoms with van der Waals surface area (Å²) < 4.78 is 0. The zero-order valence-electron chi connectivity index (χ0n) is 11.2. The van der Waals surface area contributed by atoms with Gasteiger partial charge < -0.3 is 21.7 Å². The molecule has 104 valence electrons. The number of nitrogens with two attached hydrogens (primary N) is 2. The van der Waals surface area contributed by atoms with Crippen LogP contribution in [0.3, 0.4) is 0 Å². The van der Waals surface area contributed by atoms with Gasteiger partial charge in [-0.3, -0.25) is 4.79 Å². The summed E-state index contributed by atoms with van der Waals surface area (Å²) in [5.74, 6) is -0.488. The number of nitrogen functional groups attached to an aromatic ring is 1. The maximum absolute atomic E-state index is 11.2. The molecule has 19 heavy (non-hydrogen) atoms.